The molecule has 0 radical (unpaired) electrons. The van der Waals surface area contributed by atoms with Crippen molar-refractivity contribution < 1.29 is 19.1 Å². The van der Waals surface area contributed by atoms with Crippen LogP contribution in [0.1, 0.15) is 45.4 Å². The average molecular weight is 271 g/mol. The van der Waals surface area contributed by atoms with E-state index in [9.17, 15) is 9.59 Å². The Kier molecular flexibility index (Phi) is 10.6. The smallest absolute Gasteiger partial charge is 0.407 e. The molecule has 0 saturated heterocycles. The van der Waals surface area contributed by atoms with E-state index in [0.717, 1.165) is 19.3 Å². The summed E-state index contributed by atoms with van der Waals surface area (Å²) >= 11 is 0. The SMILES string of the molecule is C=CCC(NC(=O)OC)C(=O)OCCCCCCC. The Labute approximate surface area is 115 Å². The molecular formula is C14H25NO4. The van der Waals surface area contributed by atoms with E-state index < -0.39 is 18.1 Å². The van der Waals surface area contributed by atoms with Gasteiger partial charge in [-0.3, -0.25) is 0 Å². The van der Waals surface area contributed by atoms with Gasteiger partial charge in [0, 0.05) is 0 Å². The molecule has 0 aliphatic carbocycles. The molecule has 0 fully saturated rings. The van der Waals surface area contributed by atoms with Gasteiger partial charge in [0.2, 0.25) is 0 Å². The largest absolute Gasteiger partial charge is 0.464 e. The molecule has 1 amide bonds. The molecule has 1 unspecified atom stereocenters. The summed E-state index contributed by atoms with van der Waals surface area (Å²) < 4.78 is 9.58. The van der Waals surface area contributed by atoms with Gasteiger partial charge in [0.15, 0.2) is 0 Å². The van der Waals surface area contributed by atoms with Crippen LogP contribution in [-0.4, -0.2) is 31.8 Å². The van der Waals surface area contributed by atoms with Crippen molar-refractivity contribution in [1.29, 1.82) is 0 Å². The first-order valence-corrected chi connectivity index (χ1v) is 6.77. The zero-order chi connectivity index (χ0) is 14.5. The molecule has 19 heavy (non-hydrogen) atoms. The summed E-state index contributed by atoms with van der Waals surface area (Å²) in [6.07, 6.45) is 6.69. The van der Waals surface area contributed by atoms with E-state index in [4.69, 9.17) is 4.74 Å². The lowest BCUT2D eigenvalue weighted by Crippen LogP contribution is -2.41. The van der Waals surface area contributed by atoms with Gasteiger partial charge in [0.05, 0.1) is 13.7 Å². The Bertz CT molecular complexity index is 279. The molecule has 0 aromatic carbocycles. The van der Waals surface area contributed by atoms with Gasteiger partial charge in [0.25, 0.3) is 0 Å². The van der Waals surface area contributed by atoms with Crippen molar-refractivity contribution in [3.8, 4) is 0 Å². The monoisotopic (exact) mass is 271 g/mol. The van der Waals surface area contributed by atoms with Crippen molar-refractivity contribution in [2.24, 2.45) is 0 Å². The van der Waals surface area contributed by atoms with Crippen molar-refractivity contribution in [2.45, 2.75) is 51.5 Å². The van der Waals surface area contributed by atoms with Gasteiger partial charge >= 0.3 is 12.1 Å². The number of hydrogen-bond donors (Lipinski definition) is 1. The number of methoxy groups -OCH3 is 1. The van der Waals surface area contributed by atoms with E-state index in [0.29, 0.717) is 13.0 Å². The van der Waals surface area contributed by atoms with E-state index in [1.807, 2.05) is 0 Å². The Morgan fingerprint density at radius 1 is 1.26 bits per heavy atom. The number of ether oxygens (including phenoxy) is 2. The van der Waals surface area contributed by atoms with Crippen LogP contribution in [0, 0.1) is 0 Å². The first-order valence-electron chi connectivity index (χ1n) is 6.77. The maximum absolute atomic E-state index is 11.7. The molecule has 110 valence electrons. The zero-order valence-electron chi connectivity index (χ0n) is 11.9. The molecule has 0 aliphatic heterocycles. The Hall–Kier alpha value is -1.52. The molecule has 5 nitrogen and oxygen atoms in total. The third-order valence-electron chi connectivity index (χ3n) is 2.66. The molecule has 0 aromatic rings. The number of rotatable bonds is 10. The Morgan fingerprint density at radius 2 is 1.95 bits per heavy atom. The minimum Gasteiger partial charge on any atom is -0.464 e. The van der Waals surface area contributed by atoms with Crippen molar-refractivity contribution in [3.05, 3.63) is 12.7 Å². The minimum atomic E-state index is -0.722. The molecule has 0 aromatic heterocycles. The second-order valence-electron chi connectivity index (χ2n) is 4.29. The lowest BCUT2D eigenvalue weighted by Gasteiger charge is -2.15. The number of hydrogen-bond acceptors (Lipinski definition) is 4. The molecule has 0 aliphatic rings. The van der Waals surface area contributed by atoms with Crippen molar-refractivity contribution in [2.75, 3.05) is 13.7 Å². The maximum Gasteiger partial charge on any atom is 0.407 e. The number of esters is 1. The molecule has 5 heteroatoms. The summed E-state index contributed by atoms with van der Waals surface area (Å²) in [7, 11) is 1.25. The number of carbonyl (C=O) groups excluding carboxylic acids is 2. The van der Waals surface area contributed by atoms with E-state index in [2.05, 4.69) is 23.6 Å². The number of nitrogens with one attached hydrogen (secondary N) is 1. The van der Waals surface area contributed by atoms with Crippen LogP contribution in [0.25, 0.3) is 0 Å². The number of alkyl carbamates (subject to hydrolysis) is 1. The van der Waals surface area contributed by atoms with Crippen LogP contribution in [0.2, 0.25) is 0 Å². The standard InChI is InChI=1S/C14H25NO4/c1-4-6-7-8-9-11-19-13(16)12(10-5-2)15-14(17)18-3/h5,12H,2,4,6-11H2,1,3H3,(H,15,17). The van der Waals surface area contributed by atoms with Crippen LogP contribution in [0.15, 0.2) is 12.7 Å². The van der Waals surface area contributed by atoms with E-state index in [1.54, 1.807) is 6.08 Å². The Morgan fingerprint density at radius 3 is 2.53 bits per heavy atom. The van der Waals surface area contributed by atoms with Crippen LogP contribution in [0.3, 0.4) is 0 Å². The minimum absolute atomic E-state index is 0.323. The fourth-order valence-corrected chi connectivity index (χ4v) is 1.56. The summed E-state index contributed by atoms with van der Waals surface area (Å²) in [5.74, 6) is -0.444. The predicted molar refractivity (Wildman–Crippen MR) is 73.9 cm³/mol. The normalized spacial score (nSPS) is 11.5. The summed E-state index contributed by atoms with van der Waals surface area (Å²) in [5, 5.41) is 2.42. The van der Waals surface area contributed by atoms with Gasteiger partial charge in [-0.2, -0.15) is 0 Å². The number of unbranched alkanes of at least 4 members (excludes halogenated alkanes) is 4. The van der Waals surface area contributed by atoms with Crippen molar-refractivity contribution in [1.82, 2.24) is 5.32 Å². The quantitative estimate of drug-likeness (QED) is 0.377. The van der Waals surface area contributed by atoms with Crippen LogP contribution in [0.5, 0.6) is 0 Å². The van der Waals surface area contributed by atoms with E-state index in [-0.39, 0.29) is 0 Å². The number of carbonyl (C=O) groups is 2. The Balaban J connectivity index is 3.90. The molecule has 0 saturated carbocycles. The highest BCUT2D eigenvalue weighted by atomic mass is 16.5. The zero-order valence-corrected chi connectivity index (χ0v) is 11.9. The first-order chi connectivity index (χ1) is 9.15. The van der Waals surface area contributed by atoms with E-state index in [1.165, 1.54) is 20.0 Å². The highest BCUT2D eigenvalue weighted by Gasteiger charge is 2.20. The topological polar surface area (TPSA) is 64.6 Å². The molecule has 0 spiro atoms. The van der Waals surface area contributed by atoms with Gasteiger partial charge in [-0.15, -0.1) is 6.58 Å². The average Bonchev–Trinajstić information content (AvgIpc) is 2.41. The van der Waals surface area contributed by atoms with Crippen LogP contribution in [-0.2, 0) is 14.3 Å². The second-order valence-corrected chi connectivity index (χ2v) is 4.29. The highest BCUT2D eigenvalue weighted by Crippen LogP contribution is 2.04. The van der Waals surface area contributed by atoms with Gasteiger partial charge in [-0.25, -0.2) is 9.59 Å². The maximum atomic E-state index is 11.7. The van der Waals surface area contributed by atoms with Crippen LogP contribution < -0.4 is 5.32 Å². The van der Waals surface area contributed by atoms with Crippen LogP contribution >= 0.6 is 0 Å². The lowest BCUT2D eigenvalue weighted by molar-refractivity contribution is -0.146. The van der Waals surface area contributed by atoms with Gasteiger partial charge in [-0.1, -0.05) is 38.7 Å². The van der Waals surface area contributed by atoms with Crippen LogP contribution in [0.4, 0.5) is 4.79 Å². The fraction of sp³-hybridized carbons (Fsp3) is 0.714. The molecule has 0 bridgehead atoms. The third kappa shape index (κ3) is 9.11. The fourth-order valence-electron chi connectivity index (χ4n) is 1.56. The molecule has 0 heterocycles. The van der Waals surface area contributed by atoms with Gasteiger partial charge in [0.1, 0.15) is 6.04 Å². The molecule has 0 rings (SSSR count). The highest BCUT2D eigenvalue weighted by molar-refractivity contribution is 5.81. The van der Waals surface area contributed by atoms with Gasteiger partial charge < -0.3 is 14.8 Å². The summed E-state index contributed by atoms with van der Waals surface area (Å²) in [6, 6.07) is -0.722. The van der Waals surface area contributed by atoms with Crippen molar-refractivity contribution >= 4 is 12.1 Å². The summed E-state index contributed by atoms with van der Waals surface area (Å²) in [5.41, 5.74) is 0. The molecular weight excluding hydrogens is 246 g/mol. The predicted octanol–water partition coefficient (Wildman–Crippen LogP) is 2.80. The van der Waals surface area contributed by atoms with Crippen molar-refractivity contribution in [3.63, 3.8) is 0 Å². The second kappa shape index (κ2) is 11.6. The lowest BCUT2D eigenvalue weighted by atomic mass is 10.2. The summed E-state index contributed by atoms with van der Waals surface area (Å²) in [6.45, 7) is 6.09. The first kappa shape index (κ1) is 17.5. The number of amides is 1. The van der Waals surface area contributed by atoms with E-state index >= 15 is 0 Å². The molecule has 1 N–H and O–H groups in total. The summed E-state index contributed by atoms with van der Waals surface area (Å²) in [4.78, 5) is 22.8. The molecule has 1 atom stereocenters. The van der Waals surface area contributed by atoms with Gasteiger partial charge in [-0.05, 0) is 12.8 Å². The third-order valence-corrected chi connectivity index (χ3v) is 2.66.